The van der Waals surface area contributed by atoms with E-state index in [1.807, 2.05) is 51.1 Å². The first-order valence-corrected chi connectivity index (χ1v) is 8.99. The zero-order chi connectivity index (χ0) is 18.3. The van der Waals surface area contributed by atoms with E-state index in [9.17, 15) is 9.90 Å². The molecule has 4 nitrogen and oxygen atoms in total. The van der Waals surface area contributed by atoms with E-state index in [1.165, 1.54) is 0 Å². The van der Waals surface area contributed by atoms with Crippen LogP contribution < -0.4 is 5.32 Å². The third-order valence-corrected chi connectivity index (χ3v) is 4.01. The molecule has 1 rings (SSSR count). The number of amides is 1. The van der Waals surface area contributed by atoms with E-state index >= 15 is 0 Å². The Morgan fingerprint density at radius 1 is 1.25 bits per heavy atom. The average Bonchev–Trinajstić information content (AvgIpc) is 2.44. The molecule has 0 aliphatic heterocycles. The molecule has 24 heavy (non-hydrogen) atoms. The fourth-order valence-corrected chi connectivity index (χ4v) is 2.91. The fourth-order valence-electron chi connectivity index (χ4n) is 2.50. The summed E-state index contributed by atoms with van der Waals surface area (Å²) in [7, 11) is 0. The summed E-state index contributed by atoms with van der Waals surface area (Å²) < 4.78 is 5.31. The van der Waals surface area contributed by atoms with Crippen LogP contribution in [0.25, 0.3) is 0 Å². The molecule has 0 aliphatic carbocycles. The zero-order valence-corrected chi connectivity index (χ0v) is 16.2. The quantitative estimate of drug-likeness (QED) is 0.653. The minimum Gasteiger partial charge on any atom is -0.444 e. The minimum absolute atomic E-state index is 0.272. The Morgan fingerprint density at radius 2 is 1.83 bits per heavy atom. The largest absolute Gasteiger partial charge is 0.444 e. The van der Waals surface area contributed by atoms with Crippen LogP contribution in [-0.4, -0.2) is 34.2 Å². The molecule has 1 aromatic rings. The average molecular weight is 354 g/mol. The van der Waals surface area contributed by atoms with Gasteiger partial charge in [0.25, 0.3) is 0 Å². The number of carbonyl (C=O) groups excluding carboxylic acids is 1. The summed E-state index contributed by atoms with van der Waals surface area (Å²) in [6.45, 7) is 9.56. The highest BCUT2D eigenvalue weighted by Gasteiger charge is 2.29. The maximum Gasteiger partial charge on any atom is 0.407 e. The number of ether oxygens (including phenoxy) is 1. The topological polar surface area (TPSA) is 58.6 Å². The summed E-state index contributed by atoms with van der Waals surface area (Å²) >= 11 is 4.56. The lowest BCUT2D eigenvalue weighted by atomic mass is 9.94. The van der Waals surface area contributed by atoms with Gasteiger partial charge < -0.3 is 15.2 Å². The molecule has 1 aromatic carbocycles. The molecule has 2 N–H and O–H groups in total. The first-order chi connectivity index (χ1) is 11.1. The van der Waals surface area contributed by atoms with Crippen molar-refractivity contribution < 1.29 is 14.6 Å². The Morgan fingerprint density at radius 3 is 2.33 bits per heavy atom. The first kappa shape index (κ1) is 20.8. The van der Waals surface area contributed by atoms with E-state index in [-0.39, 0.29) is 5.25 Å². The summed E-state index contributed by atoms with van der Waals surface area (Å²) in [6, 6.07) is 9.51. The van der Waals surface area contributed by atoms with Gasteiger partial charge in [0, 0.05) is 5.25 Å². The summed E-state index contributed by atoms with van der Waals surface area (Å²) in [6.07, 6.45) is 0.0259. The molecule has 0 aliphatic rings. The Kier molecular flexibility index (Phi) is 8.10. The third kappa shape index (κ3) is 8.06. The number of hydrogen-bond donors (Lipinski definition) is 3. The van der Waals surface area contributed by atoms with E-state index in [4.69, 9.17) is 4.74 Å². The van der Waals surface area contributed by atoms with Crippen molar-refractivity contribution in [2.75, 3.05) is 0 Å². The third-order valence-electron chi connectivity index (χ3n) is 3.52. The van der Waals surface area contributed by atoms with Crippen molar-refractivity contribution in [2.45, 2.75) is 70.5 Å². The Hall–Kier alpha value is -1.20. The Balaban J connectivity index is 2.73. The van der Waals surface area contributed by atoms with Crippen LogP contribution in [0, 0.1) is 5.92 Å². The van der Waals surface area contributed by atoms with Gasteiger partial charge in [-0.2, -0.15) is 12.6 Å². The molecular formula is C19H31NO3S. The van der Waals surface area contributed by atoms with Crippen LogP contribution in [0.1, 0.15) is 46.6 Å². The number of benzene rings is 1. The fraction of sp³-hybridized carbons (Fsp3) is 0.632. The normalized spacial score (nSPS) is 15.7. The van der Waals surface area contributed by atoms with Gasteiger partial charge in [-0.25, -0.2) is 4.79 Å². The maximum atomic E-state index is 12.1. The summed E-state index contributed by atoms with van der Waals surface area (Å²) in [5.41, 5.74) is 0.541. The van der Waals surface area contributed by atoms with Crippen molar-refractivity contribution in [1.82, 2.24) is 5.32 Å². The lowest BCUT2D eigenvalue weighted by Crippen LogP contribution is -2.49. The molecule has 0 fully saturated rings. The SMILES string of the molecule is CC(C)CC(NC(=O)OC(C)(C)C)C(O)C(S)Cc1ccccc1. The second-order valence-corrected chi connectivity index (χ2v) is 8.29. The zero-order valence-electron chi connectivity index (χ0n) is 15.3. The maximum absolute atomic E-state index is 12.1. The van der Waals surface area contributed by atoms with Crippen LogP contribution >= 0.6 is 12.6 Å². The van der Waals surface area contributed by atoms with E-state index in [0.29, 0.717) is 18.8 Å². The number of aliphatic hydroxyl groups is 1. The molecule has 136 valence electrons. The smallest absolute Gasteiger partial charge is 0.407 e. The van der Waals surface area contributed by atoms with Crippen LogP contribution in [0.2, 0.25) is 0 Å². The van der Waals surface area contributed by atoms with Gasteiger partial charge >= 0.3 is 6.09 Å². The van der Waals surface area contributed by atoms with Gasteiger partial charge in [0.1, 0.15) is 5.60 Å². The van der Waals surface area contributed by atoms with Gasteiger partial charge in [0.2, 0.25) is 0 Å². The molecule has 0 radical (unpaired) electrons. The van der Waals surface area contributed by atoms with E-state index in [0.717, 1.165) is 5.56 Å². The highest BCUT2D eigenvalue weighted by Crippen LogP contribution is 2.19. The van der Waals surface area contributed by atoms with E-state index in [1.54, 1.807) is 0 Å². The van der Waals surface area contributed by atoms with Gasteiger partial charge in [-0.1, -0.05) is 44.2 Å². The van der Waals surface area contributed by atoms with Crippen LogP contribution in [0.5, 0.6) is 0 Å². The predicted octanol–water partition coefficient (Wildman–Crippen LogP) is 3.83. The van der Waals surface area contributed by atoms with Crippen molar-refractivity contribution in [3.63, 3.8) is 0 Å². The second kappa shape index (κ2) is 9.33. The first-order valence-electron chi connectivity index (χ1n) is 8.48. The van der Waals surface area contributed by atoms with Crippen LogP contribution in [0.15, 0.2) is 30.3 Å². The van der Waals surface area contributed by atoms with Gasteiger partial charge in [0.05, 0.1) is 12.1 Å². The van der Waals surface area contributed by atoms with Gasteiger partial charge in [0.15, 0.2) is 0 Å². The molecule has 3 unspecified atom stereocenters. The van der Waals surface area contributed by atoms with Crippen molar-refractivity contribution in [3.8, 4) is 0 Å². The van der Waals surface area contributed by atoms with Crippen LogP contribution in [0.3, 0.4) is 0 Å². The van der Waals surface area contributed by atoms with Crippen molar-refractivity contribution in [2.24, 2.45) is 5.92 Å². The van der Waals surface area contributed by atoms with Gasteiger partial charge in [-0.3, -0.25) is 0 Å². The molecule has 5 heteroatoms. The number of carbonyl (C=O) groups is 1. The minimum atomic E-state index is -0.761. The number of alkyl carbamates (subject to hydrolysis) is 1. The lowest BCUT2D eigenvalue weighted by Gasteiger charge is -2.30. The predicted molar refractivity (Wildman–Crippen MR) is 102 cm³/mol. The number of aliphatic hydroxyl groups excluding tert-OH is 1. The van der Waals surface area contributed by atoms with E-state index in [2.05, 4.69) is 31.8 Å². The van der Waals surface area contributed by atoms with Crippen molar-refractivity contribution in [1.29, 1.82) is 0 Å². The van der Waals surface area contributed by atoms with Gasteiger partial charge in [-0.15, -0.1) is 0 Å². The number of hydrogen-bond acceptors (Lipinski definition) is 4. The second-order valence-electron chi connectivity index (χ2n) is 7.63. The van der Waals surface area contributed by atoms with Gasteiger partial charge in [-0.05, 0) is 45.1 Å². The van der Waals surface area contributed by atoms with E-state index < -0.39 is 23.8 Å². The lowest BCUT2D eigenvalue weighted by molar-refractivity contribution is 0.0402. The summed E-state index contributed by atoms with van der Waals surface area (Å²) in [5, 5.41) is 13.2. The molecule has 0 aromatic heterocycles. The molecule has 1 amide bonds. The summed E-state index contributed by atoms with van der Waals surface area (Å²) in [5.74, 6) is 0.330. The molecule has 0 spiro atoms. The highest BCUT2D eigenvalue weighted by molar-refractivity contribution is 7.81. The Labute approximate surface area is 151 Å². The monoisotopic (exact) mass is 353 g/mol. The van der Waals surface area contributed by atoms with Crippen LogP contribution in [-0.2, 0) is 11.2 Å². The number of thiol groups is 1. The molecular weight excluding hydrogens is 322 g/mol. The summed E-state index contributed by atoms with van der Waals surface area (Å²) in [4.78, 5) is 12.1. The molecule has 0 bridgehead atoms. The van der Waals surface area contributed by atoms with Crippen LogP contribution in [0.4, 0.5) is 4.79 Å². The highest BCUT2D eigenvalue weighted by atomic mass is 32.1. The Bertz CT molecular complexity index is 499. The number of nitrogens with one attached hydrogen (secondary N) is 1. The molecule has 0 saturated carbocycles. The standard InChI is InChI=1S/C19H31NO3S/c1-13(2)11-15(20-18(22)23-19(3,4)5)17(21)16(24)12-14-9-7-6-8-10-14/h6-10,13,15-17,21,24H,11-12H2,1-5H3,(H,20,22). The number of rotatable bonds is 7. The molecule has 0 heterocycles. The molecule has 0 saturated heterocycles. The molecule has 3 atom stereocenters. The van der Waals surface area contributed by atoms with Crippen molar-refractivity contribution in [3.05, 3.63) is 35.9 Å². The van der Waals surface area contributed by atoms with Crippen molar-refractivity contribution >= 4 is 18.7 Å².